The van der Waals surface area contributed by atoms with Crippen LogP contribution in [0.4, 0.5) is 17.1 Å². The maximum atomic E-state index is 12.6. The van der Waals surface area contributed by atoms with E-state index >= 15 is 0 Å². The largest absolute Gasteiger partial charge is 0.486 e. The lowest BCUT2D eigenvalue weighted by molar-refractivity contribution is -0.116. The Morgan fingerprint density at radius 3 is 2.28 bits per heavy atom. The Hall–Kier alpha value is -2.89. The summed E-state index contributed by atoms with van der Waals surface area (Å²) in [6.45, 7) is 5.18. The van der Waals surface area contributed by atoms with Crippen molar-refractivity contribution in [3.8, 4) is 11.5 Å². The topological polar surface area (TPSA) is 62.8 Å². The van der Waals surface area contributed by atoms with Gasteiger partial charge in [0.25, 0.3) is 0 Å². The first-order valence-electron chi connectivity index (χ1n) is 10.5. The summed E-state index contributed by atoms with van der Waals surface area (Å²) in [5, 5.41) is 6.22. The van der Waals surface area contributed by atoms with Crippen molar-refractivity contribution in [2.75, 3.05) is 41.8 Å². The summed E-state index contributed by atoms with van der Waals surface area (Å²) in [5.41, 5.74) is 2.89. The predicted octanol–water partition coefficient (Wildman–Crippen LogP) is 4.28. The van der Waals surface area contributed by atoms with Crippen molar-refractivity contribution in [1.29, 1.82) is 0 Å². The minimum Gasteiger partial charge on any atom is -0.486 e. The summed E-state index contributed by atoms with van der Waals surface area (Å²) < 4.78 is 11.1. The lowest BCUT2D eigenvalue weighted by Gasteiger charge is -2.23. The molecule has 0 spiro atoms. The highest BCUT2D eigenvalue weighted by Crippen LogP contribution is 2.32. The van der Waals surface area contributed by atoms with E-state index < -0.39 is 0 Å². The lowest BCUT2D eigenvalue weighted by Crippen LogP contribution is -2.32. The van der Waals surface area contributed by atoms with E-state index in [1.54, 1.807) is 6.07 Å². The first-order valence-corrected chi connectivity index (χ1v) is 10.5. The summed E-state index contributed by atoms with van der Waals surface area (Å²) in [5.74, 6) is 1.28. The molecule has 29 heavy (non-hydrogen) atoms. The molecule has 2 N–H and O–H groups in total. The number of benzene rings is 2. The van der Waals surface area contributed by atoms with Crippen LogP contribution in [0.1, 0.15) is 32.6 Å². The zero-order chi connectivity index (χ0) is 20.1. The molecule has 0 aromatic heterocycles. The van der Waals surface area contributed by atoms with Crippen molar-refractivity contribution in [2.45, 2.75) is 38.6 Å². The summed E-state index contributed by atoms with van der Waals surface area (Å²) in [7, 11) is 0. The van der Waals surface area contributed by atoms with Gasteiger partial charge in [-0.15, -0.1) is 0 Å². The molecule has 1 saturated heterocycles. The van der Waals surface area contributed by atoms with Crippen LogP contribution in [-0.2, 0) is 4.79 Å². The molecule has 2 heterocycles. The molecule has 4 rings (SSSR count). The van der Waals surface area contributed by atoms with Gasteiger partial charge in [0.05, 0.1) is 0 Å². The zero-order valence-corrected chi connectivity index (χ0v) is 16.9. The molecule has 2 aromatic carbocycles. The number of amides is 1. The van der Waals surface area contributed by atoms with Crippen molar-refractivity contribution >= 4 is 23.0 Å². The van der Waals surface area contributed by atoms with Gasteiger partial charge in [-0.2, -0.15) is 0 Å². The fourth-order valence-electron chi connectivity index (χ4n) is 3.78. The third-order valence-electron chi connectivity index (χ3n) is 5.42. The van der Waals surface area contributed by atoms with E-state index in [4.69, 9.17) is 9.47 Å². The van der Waals surface area contributed by atoms with Crippen LogP contribution in [0.5, 0.6) is 11.5 Å². The van der Waals surface area contributed by atoms with Crippen molar-refractivity contribution in [3.63, 3.8) is 0 Å². The number of nitrogens with zero attached hydrogens (tertiary/aromatic N) is 1. The molecular formula is C23H29N3O3. The normalized spacial score (nSPS) is 17.2. The zero-order valence-electron chi connectivity index (χ0n) is 16.9. The fraction of sp³-hybridized carbons (Fsp3) is 0.435. The smallest absolute Gasteiger partial charge is 0.246 e. The maximum Gasteiger partial charge on any atom is 0.246 e. The minimum absolute atomic E-state index is 0.0988. The van der Waals surface area contributed by atoms with Crippen molar-refractivity contribution < 1.29 is 14.3 Å². The number of fused-ring (bicyclic) bond motifs is 1. The summed E-state index contributed by atoms with van der Waals surface area (Å²) >= 11 is 0. The van der Waals surface area contributed by atoms with Gasteiger partial charge >= 0.3 is 0 Å². The standard InChI is InChI=1S/C23H29N3O3/c1-17(23(27)25-19-8-11-21-22(16-19)29-15-14-28-21)24-18-6-9-20(10-7-18)26-12-4-2-3-5-13-26/h6-11,16-17,24H,2-5,12-15H2,1H3,(H,25,27)/t17-/m0/s1. The predicted molar refractivity (Wildman–Crippen MR) is 116 cm³/mol. The Morgan fingerprint density at radius 1 is 0.897 bits per heavy atom. The maximum absolute atomic E-state index is 12.6. The molecule has 2 aliphatic rings. The Balaban J connectivity index is 1.33. The Labute approximate surface area is 172 Å². The number of ether oxygens (including phenoxy) is 2. The fourth-order valence-corrected chi connectivity index (χ4v) is 3.78. The Kier molecular flexibility index (Phi) is 6.08. The Morgan fingerprint density at radius 2 is 1.55 bits per heavy atom. The van der Waals surface area contributed by atoms with Gasteiger partial charge in [-0.3, -0.25) is 4.79 Å². The van der Waals surface area contributed by atoms with Crippen molar-refractivity contribution in [1.82, 2.24) is 0 Å². The summed E-state index contributed by atoms with van der Waals surface area (Å²) in [6.07, 6.45) is 5.17. The second-order valence-corrected chi connectivity index (χ2v) is 7.66. The van der Waals surface area contributed by atoms with Gasteiger partial charge in [0.1, 0.15) is 19.3 Å². The number of hydrogen-bond donors (Lipinski definition) is 2. The van der Waals surface area contributed by atoms with Gasteiger partial charge in [-0.25, -0.2) is 0 Å². The second kappa shape index (κ2) is 9.07. The Bertz CT molecular complexity index is 830. The highest BCUT2D eigenvalue weighted by atomic mass is 16.6. The molecule has 2 aromatic rings. The minimum atomic E-state index is -0.368. The number of hydrogen-bond acceptors (Lipinski definition) is 5. The van der Waals surface area contributed by atoms with E-state index in [1.165, 1.54) is 31.4 Å². The molecular weight excluding hydrogens is 366 g/mol. The van der Waals surface area contributed by atoms with Gasteiger partial charge in [-0.1, -0.05) is 12.8 Å². The van der Waals surface area contributed by atoms with E-state index in [0.29, 0.717) is 30.4 Å². The molecule has 154 valence electrons. The number of anilines is 3. The van der Waals surface area contributed by atoms with Crippen molar-refractivity contribution in [2.24, 2.45) is 0 Å². The van der Waals surface area contributed by atoms with Crippen molar-refractivity contribution in [3.05, 3.63) is 42.5 Å². The highest BCUT2D eigenvalue weighted by Gasteiger charge is 2.16. The molecule has 6 nitrogen and oxygen atoms in total. The average molecular weight is 396 g/mol. The van der Waals surface area contributed by atoms with Crippen LogP contribution >= 0.6 is 0 Å². The first kappa shape index (κ1) is 19.4. The molecule has 6 heteroatoms. The third-order valence-corrected chi connectivity index (χ3v) is 5.42. The van der Waals surface area contributed by atoms with Gasteiger partial charge in [-0.05, 0) is 56.2 Å². The van der Waals surface area contributed by atoms with Crippen LogP contribution in [0.2, 0.25) is 0 Å². The van der Waals surface area contributed by atoms with E-state index in [-0.39, 0.29) is 11.9 Å². The van der Waals surface area contributed by atoms with Gasteiger partial charge in [0.15, 0.2) is 11.5 Å². The van der Waals surface area contributed by atoms with E-state index in [0.717, 1.165) is 18.8 Å². The highest BCUT2D eigenvalue weighted by molar-refractivity contribution is 5.96. The molecule has 1 fully saturated rings. The molecule has 0 unspecified atom stereocenters. The van der Waals surface area contributed by atoms with Crippen LogP contribution in [0.25, 0.3) is 0 Å². The quantitative estimate of drug-likeness (QED) is 0.791. The van der Waals surface area contributed by atoms with E-state index in [9.17, 15) is 4.79 Å². The molecule has 0 saturated carbocycles. The van der Waals surface area contributed by atoms with Gasteiger partial charge in [0, 0.05) is 36.2 Å². The average Bonchev–Trinajstić information content (AvgIpc) is 3.04. The first-order chi connectivity index (χ1) is 14.2. The SMILES string of the molecule is C[C@H](Nc1ccc(N2CCCCCC2)cc1)C(=O)Nc1ccc2c(c1)OCCO2. The number of rotatable bonds is 5. The van der Waals surface area contributed by atoms with Crippen LogP contribution in [0.3, 0.4) is 0 Å². The van der Waals surface area contributed by atoms with Crippen LogP contribution in [0.15, 0.2) is 42.5 Å². The lowest BCUT2D eigenvalue weighted by atomic mass is 10.2. The number of nitrogens with one attached hydrogen (secondary N) is 2. The molecule has 1 atom stereocenters. The summed E-state index contributed by atoms with van der Waals surface area (Å²) in [6, 6.07) is 13.5. The van der Waals surface area contributed by atoms with Gasteiger partial charge in [0.2, 0.25) is 5.91 Å². The molecule has 0 radical (unpaired) electrons. The van der Waals surface area contributed by atoms with Gasteiger partial charge < -0.3 is 25.0 Å². The molecule has 2 aliphatic heterocycles. The molecule has 0 bridgehead atoms. The molecule has 0 aliphatic carbocycles. The second-order valence-electron chi connectivity index (χ2n) is 7.66. The molecule has 1 amide bonds. The third kappa shape index (κ3) is 4.94. The van der Waals surface area contributed by atoms with Crippen LogP contribution in [-0.4, -0.2) is 38.3 Å². The van der Waals surface area contributed by atoms with Crippen LogP contribution in [0, 0.1) is 0 Å². The summed E-state index contributed by atoms with van der Waals surface area (Å²) in [4.78, 5) is 15.0. The van der Waals surface area contributed by atoms with E-state index in [2.05, 4.69) is 27.7 Å². The monoisotopic (exact) mass is 395 g/mol. The number of carbonyl (C=O) groups is 1. The van der Waals surface area contributed by atoms with E-state index in [1.807, 2.05) is 31.2 Å². The van der Waals surface area contributed by atoms with Crippen LogP contribution < -0.4 is 25.0 Å². The number of carbonyl (C=O) groups excluding carboxylic acids is 1.